The first kappa shape index (κ1) is 17.2. The number of aromatic nitrogens is 6. The van der Waals surface area contributed by atoms with Gasteiger partial charge in [-0.05, 0) is 31.5 Å². The van der Waals surface area contributed by atoms with E-state index in [-0.39, 0.29) is 6.04 Å². The number of aromatic amines is 3. The van der Waals surface area contributed by atoms with E-state index >= 15 is 0 Å². The molecule has 4 aromatic heterocycles. The molecule has 1 atom stereocenters. The van der Waals surface area contributed by atoms with E-state index in [4.69, 9.17) is 0 Å². The highest BCUT2D eigenvalue weighted by molar-refractivity contribution is 6.00. The maximum absolute atomic E-state index is 4.53. The van der Waals surface area contributed by atoms with Gasteiger partial charge in [-0.2, -0.15) is 5.10 Å². The number of nitrogens with zero attached hydrogens (tertiary/aromatic N) is 3. The highest BCUT2D eigenvalue weighted by Gasteiger charge is 2.19. The van der Waals surface area contributed by atoms with Crippen LogP contribution in [-0.2, 0) is 0 Å². The molecule has 0 amide bonds. The van der Waals surface area contributed by atoms with Gasteiger partial charge in [-0.3, -0.25) is 5.10 Å². The van der Waals surface area contributed by atoms with Crippen molar-refractivity contribution >= 4 is 16.9 Å². The molecule has 4 heterocycles. The van der Waals surface area contributed by atoms with Gasteiger partial charge in [0, 0.05) is 34.9 Å². The normalized spacial score (nSPS) is 12.3. The van der Waals surface area contributed by atoms with Crippen LogP contribution in [0.5, 0.6) is 0 Å². The molecule has 0 bridgehead atoms. The SMILES string of the molecule is Cc1cc(-c2ccccc2)c(C(C)Nc2ncnc3[nH]cc(-c4ccn[nH]4)c23)[nH]1. The molecule has 29 heavy (non-hydrogen) atoms. The van der Waals surface area contributed by atoms with Crippen LogP contribution >= 0.6 is 0 Å². The summed E-state index contributed by atoms with van der Waals surface area (Å²) in [6.07, 6.45) is 5.24. The van der Waals surface area contributed by atoms with Crippen LogP contribution in [-0.4, -0.2) is 30.1 Å². The van der Waals surface area contributed by atoms with Crippen LogP contribution in [0.25, 0.3) is 33.4 Å². The molecule has 1 unspecified atom stereocenters. The third-order valence-electron chi connectivity index (χ3n) is 5.11. The summed E-state index contributed by atoms with van der Waals surface area (Å²) in [5.41, 5.74) is 7.31. The average Bonchev–Trinajstić information content (AvgIpc) is 3.48. The minimum Gasteiger partial charge on any atom is -0.361 e. The molecule has 5 rings (SSSR count). The van der Waals surface area contributed by atoms with Gasteiger partial charge in [-0.25, -0.2) is 9.97 Å². The van der Waals surface area contributed by atoms with Gasteiger partial charge >= 0.3 is 0 Å². The molecule has 144 valence electrons. The fraction of sp³-hybridized carbons (Fsp3) is 0.136. The topological polar surface area (TPSA) is 98.1 Å². The van der Waals surface area contributed by atoms with Crippen LogP contribution in [0.1, 0.15) is 24.4 Å². The van der Waals surface area contributed by atoms with Crippen LogP contribution in [0.2, 0.25) is 0 Å². The van der Waals surface area contributed by atoms with E-state index in [1.54, 1.807) is 12.5 Å². The number of nitrogens with one attached hydrogen (secondary N) is 4. The van der Waals surface area contributed by atoms with E-state index < -0.39 is 0 Å². The first-order chi connectivity index (χ1) is 14.2. The summed E-state index contributed by atoms with van der Waals surface area (Å²) in [5, 5.41) is 11.6. The van der Waals surface area contributed by atoms with Crippen molar-refractivity contribution in [2.24, 2.45) is 0 Å². The van der Waals surface area contributed by atoms with Crippen LogP contribution in [0.3, 0.4) is 0 Å². The van der Waals surface area contributed by atoms with Gasteiger partial charge in [0.05, 0.1) is 17.1 Å². The molecule has 4 N–H and O–H groups in total. The first-order valence-electron chi connectivity index (χ1n) is 9.54. The second kappa shape index (κ2) is 6.94. The first-order valence-corrected chi connectivity index (χ1v) is 9.54. The zero-order valence-electron chi connectivity index (χ0n) is 16.2. The Bertz CT molecular complexity index is 1250. The third-order valence-corrected chi connectivity index (χ3v) is 5.11. The minimum absolute atomic E-state index is 0.0153. The lowest BCUT2D eigenvalue weighted by atomic mass is 10.0. The molecule has 0 radical (unpaired) electrons. The van der Waals surface area contributed by atoms with Gasteiger partial charge in [0.15, 0.2) is 0 Å². The summed E-state index contributed by atoms with van der Waals surface area (Å²) >= 11 is 0. The molecule has 5 aromatic rings. The summed E-state index contributed by atoms with van der Waals surface area (Å²) in [4.78, 5) is 15.6. The molecule has 1 aromatic carbocycles. The summed E-state index contributed by atoms with van der Waals surface area (Å²) < 4.78 is 0. The van der Waals surface area contributed by atoms with Crippen LogP contribution in [0.15, 0.2) is 61.2 Å². The third kappa shape index (κ3) is 3.06. The molecular formula is C22H21N7. The van der Waals surface area contributed by atoms with Crippen molar-refractivity contribution in [3.63, 3.8) is 0 Å². The molecule has 7 nitrogen and oxygen atoms in total. The van der Waals surface area contributed by atoms with E-state index in [1.165, 1.54) is 11.1 Å². The van der Waals surface area contributed by atoms with E-state index in [0.717, 1.165) is 39.5 Å². The van der Waals surface area contributed by atoms with Crippen LogP contribution < -0.4 is 5.32 Å². The fourth-order valence-electron chi connectivity index (χ4n) is 3.78. The number of hydrogen-bond acceptors (Lipinski definition) is 4. The van der Waals surface area contributed by atoms with E-state index in [1.807, 2.05) is 18.3 Å². The van der Waals surface area contributed by atoms with Crippen molar-refractivity contribution < 1.29 is 0 Å². The van der Waals surface area contributed by atoms with Crippen molar-refractivity contribution in [1.29, 1.82) is 0 Å². The Morgan fingerprint density at radius 2 is 1.90 bits per heavy atom. The zero-order valence-corrected chi connectivity index (χ0v) is 16.2. The molecule has 0 fully saturated rings. The van der Waals surface area contributed by atoms with Crippen molar-refractivity contribution in [2.75, 3.05) is 5.32 Å². The Balaban J connectivity index is 1.55. The Kier molecular flexibility index (Phi) is 4.13. The average molecular weight is 383 g/mol. The van der Waals surface area contributed by atoms with E-state index in [0.29, 0.717) is 0 Å². The van der Waals surface area contributed by atoms with Gasteiger partial charge < -0.3 is 15.3 Å². The van der Waals surface area contributed by atoms with E-state index in [9.17, 15) is 0 Å². The van der Waals surface area contributed by atoms with Gasteiger partial charge in [-0.15, -0.1) is 0 Å². The van der Waals surface area contributed by atoms with Gasteiger partial charge in [0.2, 0.25) is 0 Å². The fourth-order valence-corrected chi connectivity index (χ4v) is 3.78. The Morgan fingerprint density at radius 3 is 2.69 bits per heavy atom. The number of anilines is 1. The Labute approximate surface area is 167 Å². The van der Waals surface area contributed by atoms with Crippen molar-refractivity contribution in [2.45, 2.75) is 19.9 Å². The summed E-state index contributed by atoms with van der Waals surface area (Å²) in [6, 6.07) is 14.5. The molecule has 0 spiro atoms. The number of H-pyrrole nitrogens is 3. The number of hydrogen-bond donors (Lipinski definition) is 4. The maximum Gasteiger partial charge on any atom is 0.143 e. The van der Waals surface area contributed by atoms with Crippen molar-refractivity contribution in [1.82, 2.24) is 30.1 Å². The Hall–Kier alpha value is -3.87. The molecular weight excluding hydrogens is 362 g/mol. The standard InChI is InChI=1S/C22H21N7/c1-13-10-16(15-6-4-3-5-7-15)20(27-13)14(2)28-22-19-17(18-8-9-26-29-18)11-23-21(19)24-12-25-22/h3-12,14,27H,1-2H3,(H,26,29)(H2,23,24,25,28). The van der Waals surface area contributed by atoms with Gasteiger partial charge in [0.25, 0.3) is 0 Å². The second-order valence-electron chi connectivity index (χ2n) is 7.13. The molecule has 0 saturated heterocycles. The van der Waals surface area contributed by atoms with Gasteiger partial charge in [0.1, 0.15) is 17.8 Å². The highest BCUT2D eigenvalue weighted by atomic mass is 15.1. The lowest BCUT2D eigenvalue weighted by Gasteiger charge is -2.17. The van der Waals surface area contributed by atoms with Crippen molar-refractivity contribution in [3.8, 4) is 22.4 Å². The smallest absolute Gasteiger partial charge is 0.143 e. The molecule has 0 aliphatic carbocycles. The number of benzene rings is 1. The number of fused-ring (bicyclic) bond motifs is 1. The largest absolute Gasteiger partial charge is 0.361 e. The molecule has 0 aliphatic rings. The van der Waals surface area contributed by atoms with Crippen LogP contribution in [0.4, 0.5) is 5.82 Å². The van der Waals surface area contributed by atoms with E-state index in [2.05, 4.69) is 79.6 Å². The Morgan fingerprint density at radius 1 is 1.03 bits per heavy atom. The summed E-state index contributed by atoms with van der Waals surface area (Å²) in [5.74, 6) is 0.777. The molecule has 7 heteroatoms. The molecule has 0 saturated carbocycles. The lowest BCUT2D eigenvalue weighted by molar-refractivity contribution is 0.841. The highest BCUT2D eigenvalue weighted by Crippen LogP contribution is 2.34. The summed E-state index contributed by atoms with van der Waals surface area (Å²) in [7, 11) is 0. The zero-order chi connectivity index (χ0) is 19.8. The predicted molar refractivity (Wildman–Crippen MR) is 114 cm³/mol. The second-order valence-corrected chi connectivity index (χ2v) is 7.13. The van der Waals surface area contributed by atoms with Crippen LogP contribution in [0, 0.1) is 6.92 Å². The van der Waals surface area contributed by atoms with Gasteiger partial charge in [-0.1, -0.05) is 30.3 Å². The minimum atomic E-state index is 0.0153. The summed E-state index contributed by atoms with van der Waals surface area (Å²) in [6.45, 7) is 4.21. The lowest BCUT2D eigenvalue weighted by Crippen LogP contribution is -2.10. The predicted octanol–water partition coefficient (Wildman–Crippen LogP) is 4.82. The van der Waals surface area contributed by atoms with Crippen molar-refractivity contribution in [3.05, 3.63) is 72.6 Å². The maximum atomic E-state index is 4.53. The number of rotatable bonds is 5. The number of aryl methyl sites for hydroxylation is 1. The molecule has 0 aliphatic heterocycles. The monoisotopic (exact) mass is 383 g/mol. The quantitative estimate of drug-likeness (QED) is 0.349.